The molecular weight excluding hydrogens is 1070 g/mol. The molecule has 0 saturated heterocycles. The summed E-state index contributed by atoms with van der Waals surface area (Å²) in [7, 11) is -8.69. The monoisotopic (exact) mass is 1210 g/mol. The second-order valence-corrected chi connectivity index (χ2v) is 28.3. The van der Waals surface area contributed by atoms with Gasteiger partial charge >= 0.3 is 23.1 Å². The van der Waals surface area contributed by atoms with Crippen LogP contribution in [0, 0.1) is 0 Å². The van der Waals surface area contributed by atoms with Crippen molar-refractivity contribution in [2.75, 3.05) is 0 Å². The van der Waals surface area contributed by atoms with Crippen molar-refractivity contribution in [1.82, 2.24) is 0 Å². The van der Waals surface area contributed by atoms with Crippen LogP contribution in [0.15, 0.2) is 58.3 Å². The van der Waals surface area contributed by atoms with E-state index in [0.717, 1.165) is 36.8 Å². The molecule has 0 saturated carbocycles. The Balaban J connectivity index is 0.00000160. The number of benzene rings is 2. The smallest absolute Gasteiger partial charge is 0.744 e. The normalized spacial score (nSPS) is 11.7. The van der Waals surface area contributed by atoms with Crippen molar-refractivity contribution in [2.45, 2.75) is 409 Å². The van der Waals surface area contributed by atoms with Gasteiger partial charge in [0.25, 0.3) is 0 Å². The minimum atomic E-state index is -4.35. The average Bonchev–Trinajstić information content (AvgIpc) is 3.47. The molecule has 2 aromatic carbocycles. The third-order valence-electron chi connectivity index (χ3n) is 17.5. The number of rotatable bonds is 62. The van der Waals surface area contributed by atoms with Crippen LogP contribution in [0.3, 0.4) is 0 Å². The minimum absolute atomic E-state index is 0. The van der Waals surface area contributed by atoms with Gasteiger partial charge in [0.1, 0.15) is 20.2 Å². The molecule has 0 spiro atoms. The first-order chi connectivity index (χ1) is 40.1. The molecule has 83 heavy (non-hydrogen) atoms. The van der Waals surface area contributed by atoms with E-state index in [9.17, 15) is 25.9 Å². The molecule has 9 heteroatoms. The van der Waals surface area contributed by atoms with E-state index in [2.05, 4.69) is 13.8 Å². The van der Waals surface area contributed by atoms with Crippen LogP contribution < -0.4 is 0 Å². The third-order valence-corrected chi connectivity index (χ3v) is 19.2. The fraction of sp³-hybridized carbons (Fsp3) is 0.838. The van der Waals surface area contributed by atoms with Gasteiger partial charge in [0.05, 0.1) is 9.79 Å². The van der Waals surface area contributed by atoms with Crippen LogP contribution in [0.25, 0.3) is 0 Å². The van der Waals surface area contributed by atoms with Gasteiger partial charge in [-0.2, -0.15) is 0 Å². The molecule has 2 rings (SSSR count). The predicted molar refractivity (Wildman–Crippen MR) is 361 cm³/mol. The Hall–Kier alpha value is -0.974. The summed E-state index contributed by atoms with van der Waals surface area (Å²) < 4.78 is 66.8. The first kappa shape index (κ1) is 82.0. The van der Waals surface area contributed by atoms with Crippen LogP contribution >= 0.6 is 0 Å². The van der Waals surface area contributed by atoms with Gasteiger partial charge in [0.2, 0.25) is 0 Å². The molecule has 0 bridgehead atoms. The van der Waals surface area contributed by atoms with Gasteiger partial charge in [-0.3, -0.25) is 0 Å². The largest absolute Gasteiger partial charge is 2.00 e. The van der Waals surface area contributed by atoms with E-state index < -0.39 is 20.2 Å². The Morgan fingerprint density at radius 2 is 0.386 bits per heavy atom. The van der Waals surface area contributed by atoms with Crippen molar-refractivity contribution in [2.24, 2.45) is 0 Å². The first-order valence-corrected chi connectivity index (χ1v) is 39.0. The van der Waals surface area contributed by atoms with Gasteiger partial charge in [-0.15, -0.1) is 0 Å². The van der Waals surface area contributed by atoms with E-state index in [1.165, 1.54) is 384 Å². The molecule has 0 radical (unpaired) electrons. The maximum atomic E-state index is 11.1. The molecule has 6 nitrogen and oxygen atoms in total. The molecule has 0 aromatic heterocycles. The summed E-state index contributed by atoms with van der Waals surface area (Å²) in [5.74, 6) is 0. The van der Waals surface area contributed by atoms with E-state index in [-0.39, 0.29) is 32.8 Å². The molecule has 2 aromatic rings. The third kappa shape index (κ3) is 58.5. The van der Waals surface area contributed by atoms with Crippen molar-refractivity contribution in [3.05, 3.63) is 59.7 Å². The molecule has 0 atom stereocenters. The van der Waals surface area contributed by atoms with Gasteiger partial charge in [0.15, 0.2) is 0 Å². The molecule has 0 aliphatic carbocycles. The van der Waals surface area contributed by atoms with E-state index in [1.807, 2.05) is 12.1 Å². The standard InChI is InChI=1S/2C37H68O3S.Mg/c2*1-2-3-4-5-6-7-8-9-10-11-12-13-14-15-16-17-18-19-20-21-22-23-24-25-26-27-28-29-30-32-36-33-31-34-37(35-36)41(38,39)40;/h2*31,33-35H,2-30,32H2,1H3,(H,38,39,40);/q;;+2/p-2. The Bertz CT molecular complexity index is 1720. The first-order valence-electron chi connectivity index (χ1n) is 36.2. The van der Waals surface area contributed by atoms with Gasteiger partial charge in [-0.05, 0) is 61.1 Å². The fourth-order valence-corrected chi connectivity index (χ4v) is 13.1. The van der Waals surface area contributed by atoms with Crippen LogP contribution in [-0.4, -0.2) is 49.0 Å². The quantitative estimate of drug-likeness (QED) is 0.0370. The zero-order valence-electron chi connectivity index (χ0n) is 55.0. The predicted octanol–water partition coefficient (Wildman–Crippen LogP) is 24.6. The molecular formula is C74H134MgO6S2. The van der Waals surface area contributed by atoms with E-state index in [0.29, 0.717) is 0 Å². The molecule has 480 valence electrons. The van der Waals surface area contributed by atoms with Gasteiger partial charge < -0.3 is 9.11 Å². The van der Waals surface area contributed by atoms with Crippen molar-refractivity contribution in [1.29, 1.82) is 0 Å². The number of aryl methyl sites for hydroxylation is 2. The van der Waals surface area contributed by atoms with Crippen LogP contribution in [0.1, 0.15) is 397 Å². The summed E-state index contributed by atoms with van der Waals surface area (Å²) in [6.07, 6.45) is 83.1. The summed E-state index contributed by atoms with van der Waals surface area (Å²) in [4.78, 5) is -0.212. The second-order valence-electron chi connectivity index (χ2n) is 25.5. The SMILES string of the molecule is CCCCCCCCCCCCCCCCCCCCCCCCCCCCCCCc1cccc(S(=O)(=O)[O-])c1.CCCCCCCCCCCCCCCCCCCCCCCCCCCCCCCc1cccc(S(=O)(=O)[O-])c1.[Mg+2]. The number of hydrogen-bond acceptors (Lipinski definition) is 6. The molecule has 0 amide bonds. The summed E-state index contributed by atoms with van der Waals surface area (Å²) in [6.45, 7) is 4.59. The Kier molecular flexibility index (Phi) is 61.9. The van der Waals surface area contributed by atoms with Gasteiger partial charge in [0, 0.05) is 0 Å². The summed E-state index contributed by atoms with van der Waals surface area (Å²) in [5, 5.41) is 0. The van der Waals surface area contributed by atoms with Gasteiger partial charge in [-0.1, -0.05) is 398 Å². The Morgan fingerprint density at radius 3 is 0.530 bits per heavy atom. The van der Waals surface area contributed by atoms with Crippen LogP contribution in [0.2, 0.25) is 0 Å². The van der Waals surface area contributed by atoms with Crippen molar-refractivity contribution < 1.29 is 25.9 Å². The van der Waals surface area contributed by atoms with E-state index in [1.54, 1.807) is 12.1 Å². The van der Waals surface area contributed by atoms with Gasteiger partial charge in [-0.25, -0.2) is 16.8 Å². The fourth-order valence-electron chi connectivity index (χ4n) is 12.1. The minimum Gasteiger partial charge on any atom is -0.744 e. The van der Waals surface area contributed by atoms with E-state index in [4.69, 9.17) is 0 Å². The van der Waals surface area contributed by atoms with Crippen LogP contribution in [0.4, 0.5) is 0 Å². The number of unbranched alkanes of at least 4 members (excludes halogenated alkanes) is 56. The Morgan fingerprint density at radius 1 is 0.241 bits per heavy atom. The average molecular weight is 1210 g/mol. The van der Waals surface area contributed by atoms with Crippen LogP contribution in [0.5, 0.6) is 0 Å². The Labute approximate surface area is 534 Å². The molecule has 0 N–H and O–H groups in total. The van der Waals surface area contributed by atoms with Crippen molar-refractivity contribution in [3.63, 3.8) is 0 Å². The zero-order chi connectivity index (χ0) is 59.4. The van der Waals surface area contributed by atoms with Crippen molar-refractivity contribution >= 4 is 43.3 Å². The number of hydrogen-bond donors (Lipinski definition) is 0. The maximum absolute atomic E-state index is 11.1. The summed E-state index contributed by atoms with van der Waals surface area (Å²) in [5.41, 5.74) is 1.90. The molecule has 0 aliphatic rings. The molecule has 0 aliphatic heterocycles. The second kappa shape index (κ2) is 62.6. The maximum Gasteiger partial charge on any atom is 2.00 e. The zero-order valence-corrected chi connectivity index (χ0v) is 58.1. The topological polar surface area (TPSA) is 114 Å². The van der Waals surface area contributed by atoms with E-state index >= 15 is 0 Å². The molecule has 0 unspecified atom stereocenters. The molecule has 0 fully saturated rings. The summed E-state index contributed by atoms with van der Waals surface area (Å²) in [6, 6.07) is 13.0. The molecule has 0 heterocycles. The van der Waals surface area contributed by atoms with Crippen LogP contribution in [-0.2, 0) is 33.1 Å². The van der Waals surface area contributed by atoms with Crippen molar-refractivity contribution in [3.8, 4) is 0 Å². The summed E-state index contributed by atoms with van der Waals surface area (Å²) >= 11 is 0.